The summed E-state index contributed by atoms with van der Waals surface area (Å²) in [7, 11) is 1.48. The van der Waals surface area contributed by atoms with Crippen LogP contribution in [-0.2, 0) is 9.59 Å². The Morgan fingerprint density at radius 3 is 2.16 bits per heavy atom. The molecule has 4 aromatic carbocycles. The molecule has 0 saturated carbocycles. The van der Waals surface area contributed by atoms with E-state index in [4.69, 9.17) is 4.74 Å². The lowest BCUT2D eigenvalue weighted by molar-refractivity contribution is -0.115. The second-order valence-electron chi connectivity index (χ2n) is 9.19. The van der Waals surface area contributed by atoms with Gasteiger partial charge in [0.1, 0.15) is 17.1 Å². The number of anilines is 2. The van der Waals surface area contributed by atoms with Crippen molar-refractivity contribution in [2.24, 2.45) is 0 Å². The smallest absolute Gasteiger partial charge is 0.272 e. The zero-order chi connectivity index (χ0) is 31.8. The lowest BCUT2D eigenvalue weighted by Crippen LogP contribution is -2.30. The predicted molar refractivity (Wildman–Crippen MR) is 160 cm³/mol. The van der Waals surface area contributed by atoms with Crippen LogP contribution in [0.2, 0.25) is 0 Å². The van der Waals surface area contributed by atoms with Crippen LogP contribution >= 0.6 is 11.8 Å². The number of nitrogens with one attached hydrogen (secondary N) is 3. The topological polar surface area (TPSA) is 96.5 Å². The highest BCUT2D eigenvalue weighted by atomic mass is 32.2. The summed E-state index contributed by atoms with van der Waals surface area (Å²) < 4.78 is 60.4. The number of hydrogen-bond donors (Lipinski definition) is 3. The van der Waals surface area contributed by atoms with Crippen LogP contribution in [0.5, 0.6) is 5.75 Å². The minimum atomic E-state index is -1.73. The molecule has 4 rings (SSSR count). The molecule has 0 spiro atoms. The van der Waals surface area contributed by atoms with Gasteiger partial charge in [0.15, 0.2) is 23.3 Å². The molecule has 7 nitrogen and oxygen atoms in total. The molecule has 0 fully saturated rings. The Morgan fingerprint density at radius 1 is 0.818 bits per heavy atom. The zero-order valence-corrected chi connectivity index (χ0v) is 24.1. The molecule has 12 heteroatoms. The number of ether oxygens (including phenoxy) is 1. The Balaban J connectivity index is 1.52. The summed E-state index contributed by atoms with van der Waals surface area (Å²) in [6.45, 7) is 1.42. The molecule has 0 saturated heterocycles. The van der Waals surface area contributed by atoms with E-state index < -0.39 is 51.9 Å². The number of thioether (sulfide) groups is 1. The quantitative estimate of drug-likeness (QED) is 0.0784. The van der Waals surface area contributed by atoms with E-state index in [0.717, 1.165) is 11.8 Å². The first-order valence-corrected chi connectivity index (χ1v) is 13.9. The summed E-state index contributed by atoms with van der Waals surface area (Å²) in [4.78, 5) is 39.4. The van der Waals surface area contributed by atoms with Crippen molar-refractivity contribution in [3.05, 3.63) is 125 Å². The number of rotatable bonds is 10. The van der Waals surface area contributed by atoms with Crippen molar-refractivity contribution in [3.63, 3.8) is 0 Å². The Morgan fingerprint density at radius 2 is 1.48 bits per heavy atom. The molecule has 0 radical (unpaired) electrons. The minimum absolute atomic E-state index is 0.0440. The third kappa shape index (κ3) is 7.84. The van der Waals surface area contributed by atoms with E-state index in [1.54, 1.807) is 72.8 Å². The van der Waals surface area contributed by atoms with Crippen LogP contribution in [-0.4, -0.2) is 30.1 Å². The van der Waals surface area contributed by atoms with Gasteiger partial charge in [-0.2, -0.15) is 0 Å². The fraction of sp³-hybridized carbons (Fsp3) is 0.0938. The highest BCUT2D eigenvalue weighted by Crippen LogP contribution is 2.29. The summed E-state index contributed by atoms with van der Waals surface area (Å²) in [6.07, 6.45) is 1.47. The maximum atomic E-state index is 14.0. The summed E-state index contributed by atoms with van der Waals surface area (Å²) in [5, 5.41) is 6.26. The molecule has 0 aliphatic carbocycles. The van der Waals surface area contributed by atoms with Crippen molar-refractivity contribution in [2.75, 3.05) is 17.7 Å². The van der Waals surface area contributed by atoms with Gasteiger partial charge in [0.25, 0.3) is 11.8 Å². The van der Waals surface area contributed by atoms with Crippen LogP contribution in [0.3, 0.4) is 0 Å². The maximum absolute atomic E-state index is 14.0. The standard InChI is InChI=1S/C32H25F4N3O4S/c1-18(30(40)39-29-27(35)23(33)17-24(34)28(29)36)44-22-13-8-12-21(16-22)37-32(42)25(15-20-11-6-7-14-26(20)43-2)38-31(41)19-9-4-3-5-10-19/h3-18H,1-2H3,(H,37,42)(H,38,41)(H,39,40)/b25-15+. The first kappa shape index (κ1) is 31.8. The minimum Gasteiger partial charge on any atom is -0.496 e. The molecule has 1 atom stereocenters. The van der Waals surface area contributed by atoms with Gasteiger partial charge >= 0.3 is 0 Å². The molecule has 0 bridgehead atoms. The van der Waals surface area contributed by atoms with E-state index in [1.165, 1.54) is 26.2 Å². The number of hydrogen-bond acceptors (Lipinski definition) is 5. The van der Waals surface area contributed by atoms with Gasteiger partial charge < -0.3 is 20.7 Å². The Bertz CT molecular complexity index is 1710. The van der Waals surface area contributed by atoms with Crippen LogP contribution in [0.4, 0.5) is 28.9 Å². The van der Waals surface area contributed by atoms with E-state index in [9.17, 15) is 31.9 Å². The average molecular weight is 624 g/mol. The molecular weight excluding hydrogens is 598 g/mol. The summed E-state index contributed by atoms with van der Waals surface area (Å²) in [5.41, 5.74) is -0.147. The van der Waals surface area contributed by atoms with E-state index in [1.807, 2.05) is 5.32 Å². The largest absolute Gasteiger partial charge is 0.496 e. The first-order valence-electron chi connectivity index (χ1n) is 13.0. The van der Waals surface area contributed by atoms with Crippen molar-refractivity contribution in [1.82, 2.24) is 5.32 Å². The first-order chi connectivity index (χ1) is 21.1. The number of amides is 3. The third-order valence-corrected chi connectivity index (χ3v) is 7.20. The molecule has 3 amide bonds. The number of benzene rings is 4. The maximum Gasteiger partial charge on any atom is 0.272 e. The Kier molecular flexibility index (Phi) is 10.4. The normalized spacial score (nSPS) is 11.8. The van der Waals surface area contributed by atoms with Crippen molar-refractivity contribution < 1.29 is 36.7 Å². The zero-order valence-electron chi connectivity index (χ0n) is 23.3. The second kappa shape index (κ2) is 14.4. The second-order valence-corrected chi connectivity index (χ2v) is 10.6. The van der Waals surface area contributed by atoms with Gasteiger partial charge in [0.05, 0.1) is 12.4 Å². The van der Waals surface area contributed by atoms with E-state index in [0.29, 0.717) is 27.5 Å². The molecule has 3 N–H and O–H groups in total. The van der Waals surface area contributed by atoms with Crippen LogP contribution in [0, 0.1) is 23.3 Å². The fourth-order valence-electron chi connectivity index (χ4n) is 3.89. The predicted octanol–water partition coefficient (Wildman–Crippen LogP) is 6.78. The van der Waals surface area contributed by atoms with Crippen LogP contribution in [0.25, 0.3) is 6.08 Å². The molecule has 0 aromatic heterocycles. The molecule has 0 aliphatic rings. The van der Waals surface area contributed by atoms with E-state index >= 15 is 0 Å². The highest BCUT2D eigenvalue weighted by molar-refractivity contribution is 8.00. The lowest BCUT2D eigenvalue weighted by Gasteiger charge is -2.15. The van der Waals surface area contributed by atoms with Crippen LogP contribution in [0.1, 0.15) is 22.8 Å². The van der Waals surface area contributed by atoms with Crippen molar-refractivity contribution in [2.45, 2.75) is 17.1 Å². The van der Waals surface area contributed by atoms with Gasteiger partial charge in [-0.3, -0.25) is 14.4 Å². The highest BCUT2D eigenvalue weighted by Gasteiger charge is 2.24. The molecule has 0 heterocycles. The van der Waals surface area contributed by atoms with Crippen molar-refractivity contribution in [1.29, 1.82) is 0 Å². The molecule has 44 heavy (non-hydrogen) atoms. The average Bonchev–Trinajstić information content (AvgIpc) is 3.02. The van der Waals surface area contributed by atoms with E-state index in [-0.39, 0.29) is 11.8 Å². The lowest BCUT2D eigenvalue weighted by atomic mass is 10.1. The van der Waals surface area contributed by atoms with Gasteiger partial charge in [0.2, 0.25) is 5.91 Å². The van der Waals surface area contributed by atoms with Crippen molar-refractivity contribution in [3.8, 4) is 5.75 Å². The van der Waals surface area contributed by atoms with Gasteiger partial charge in [-0.15, -0.1) is 11.8 Å². The SMILES string of the molecule is COc1ccccc1/C=C(/NC(=O)c1ccccc1)C(=O)Nc1cccc(SC(C)C(=O)Nc2c(F)c(F)cc(F)c2F)c1. The van der Waals surface area contributed by atoms with Gasteiger partial charge in [-0.25, -0.2) is 17.6 Å². The monoisotopic (exact) mass is 623 g/mol. The number of halogens is 4. The number of carbonyl (C=O) groups excluding carboxylic acids is 3. The molecule has 1 unspecified atom stereocenters. The van der Waals surface area contributed by atoms with Crippen LogP contribution in [0.15, 0.2) is 95.5 Å². The number of para-hydroxylation sites is 1. The van der Waals surface area contributed by atoms with Gasteiger partial charge in [-0.1, -0.05) is 42.5 Å². The Labute approximate surface area is 254 Å². The van der Waals surface area contributed by atoms with Crippen LogP contribution < -0.4 is 20.7 Å². The number of methoxy groups -OCH3 is 1. The summed E-state index contributed by atoms with van der Waals surface area (Å²) >= 11 is 0.960. The molecular formula is C32H25F4N3O4S. The van der Waals surface area contributed by atoms with Crippen molar-refractivity contribution >= 4 is 46.9 Å². The molecule has 4 aromatic rings. The Hall–Kier alpha value is -5.10. The summed E-state index contributed by atoms with van der Waals surface area (Å²) in [5.74, 6) is -8.38. The fourth-order valence-corrected chi connectivity index (χ4v) is 4.82. The van der Waals surface area contributed by atoms with Gasteiger partial charge in [-0.05, 0) is 49.4 Å². The summed E-state index contributed by atoms with van der Waals surface area (Å²) in [6, 6.07) is 21.6. The number of carbonyl (C=O) groups is 3. The molecule has 0 aliphatic heterocycles. The third-order valence-electron chi connectivity index (χ3n) is 6.10. The van der Waals surface area contributed by atoms with Gasteiger partial charge in [0, 0.05) is 27.8 Å². The molecule has 226 valence electrons. The van der Waals surface area contributed by atoms with E-state index in [2.05, 4.69) is 10.6 Å².